The van der Waals surface area contributed by atoms with Gasteiger partial charge < -0.3 is 14.4 Å². The van der Waals surface area contributed by atoms with Crippen LogP contribution in [0.3, 0.4) is 0 Å². The standard InChI is InChI=1S/C35H33NO5/c1-20(2)36-32(38)34(33(39)40-22-10-4-3-5-11-22)18-21-16-29(34)35(36,19-21)41-31(37)28-17-27-23-12-6-8-14-25(23)30(28)26-15-9-7-13-24(26)27/h3-15,20-21,27-30H,16-19H2,1-2H3. The number of esters is 2. The molecule has 3 fully saturated rings. The quantitative estimate of drug-likeness (QED) is 0.230. The highest BCUT2D eigenvalue weighted by Crippen LogP contribution is 2.69. The topological polar surface area (TPSA) is 72.9 Å². The maximum absolute atomic E-state index is 14.4. The van der Waals surface area contributed by atoms with Crippen LogP contribution in [0.5, 0.6) is 5.75 Å². The Hall–Kier alpha value is -3.93. The van der Waals surface area contributed by atoms with E-state index in [2.05, 4.69) is 36.4 Å². The number of amides is 1. The average Bonchev–Trinajstić information content (AvgIpc) is 3.57. The summed E-state index contributed by atoms with van der Waals surface area (Å²) < 4.78 is 12.5. The first-order valence-corrected chi connectivity index (χ1v) is 14.9. The first-order chi connectivity index (χ1) is 19.8. The van der Waals surface area contributed by atoms with E-state index in [1.807, 2.05) is 32.0 Å². The SMILES string of the molecule is CC(C)N1C(=O)C2(C(=O)Oc3ccccc3)CC3CC2C1(OC(=O)C1CC2c4ccccc4C1c1ccccc12)C3. The van der Waals surface area contributed by atoms with Crippen molar-refractivity contribution >= 4 is 17.8 Å². The van der Waals surface area contributed by atoms with Crippen molar-refractivity contribution in [2.75, 3.05) is 0 Å². The Balaban J connectivity index is 1.16. The number of likely N-dealkylation sites (tertiary alicyclic amines) is 1. The summed E-state index contributed by atoms with van der Waals surface area (Å²) in [5, 5.41) is 0. The predicted octanol–water partition coefficient (Wildman–Crippen LogP) is 5.80. The van der Waals surface area contributed by atoms with E-state index >= 15 is 0 Å². The summed E-state index contributed by atoms with van der Waals surface area (Å²) in [6, 6.07) is 25.6. The van der Waals surface area contributed by atoms with Gasteiger partial charge in [0.15, 0.2) is 11.1 Å². The van der Waals surface area contributed by atoms with Crippen molar-refractivity contribution in [1.29, 1.82) is 0 Å². The molecular weight excluding hydrogens is 514 g/mol. The van der Waals surface area contributed by atoms with Crippen LogP contribution in [0.1, 0.15) is 73.6 Å². The molecule has 1 saturated heterocycles. The number of hydrogen-bond acceptors (Lipinski definition) is 5. The first kappa shape index (κ1) is 24.8. The van der Waals surface area contributed by atoms with Crippen LogP contribution >= 0.6 is 0 Å². The molecule has 3 aromatic carbocycles. The zero-order chi connectivity index (χ0) is 28.1. The lowest BCUT2D eigenvalue weighted by atomic mass is 9.59. The minimum Gasteiger partial charge on any atom is -0.438 e. The van der Waals surface area contributed by atoms with Crippen LogP contribution < -0.4 is 4.74 Å². The Morgan fingerprint density at radius 3 is 2.05 bits per heavy atom. The third-order valence-electron chi connectivity index (χ3n) is 10.6. The Morgan fingerprint density at radius 1 is 0.829 bits per heavy atom. The van der Waals surface area contributed by atoms with Gasteiger partial charge in [-0.2, -0.15) is 0 Å². The number of fused-ring (bicyclic) bond motifs is 2. The molecule has 6 nitrogen and oxygen atoms in total. The molecule has 0 N–H and O–H groups in total. The molecule has 2 saturated carbocycles. The lowest BCUT2D eigenvalue weighted by Crippen LogP contribution is -2.55. The van der Waals surface area contributed by atoms with E-state index in [0.717, 1.165) is 0 Å². The second-order valence-corrected chi connectivity index (χ2v) is 12.9. The zero-order valence-electron chi connectivity index (χ0n) is 23.3. The minimum atomic E-state index is -1.33. The molecule has 0 spiro atoms. The normalized spacial score (nSPS) is 33.6. The molecule has 41 heavy (non-hydrogen) atoms. The second kappa shape index (κ2) is 8.54. The van der Waals surface area contributed by atoms with Crippen LogP contribution in [0, 0.1) is 23.2 Å². The van der Waals surface area contributed by atoms with Crippen LogP contribution in [-0.2, 0) is 19.1 Å². The van der Waals surface area contributed by atoms with Gasteiger partial charge in [0.05, 0.1) is 5.92 Å². The molecule has 3 aromatic rings. The minimum absolute atomic E-state index is 0.0905. The van der Waals surface area contributed by atoms with E-state index in [4.69, 9.17) is 9.47 Å². The second-order valence-electron chi connectivity index (χ2n) is 12.9. The lowest BCUT2D eigenvalue weighted by Gasteiger charge is -2.47. The van der Waals surface area contributed by atoms with E-state index in [0.29, 0.717) is 31.4 Å². The van der Waals surface area contributed by atoms with E-state index < -0.39 is 23.0 Å². The molecule has 6 heteroatoms. The Morgan fingerprint density at radius 2 is 1.44 bits per heavy atom. The maximum atomic E-state index is 14.4. The van der Waals surface area contributed by atoms with Crippen molar-refractivity contribution in [3.8, 4) is 5.75 Å². The first-order valence-electron chi connectivity index (χ1n) is 14.9. The molecule has 1 heterocycles. The van der Waals surface area contributed by atoms with Gasteiger partial charge in [0.1, 0.15) is 5.75 Å². The molecule has 208 valence electrons. The van der Waals surface area contributed by atoms with Crippen molar-refractivity contribution < 1.29 is 23.9 Å². The van der Waals surface area contributed by atoms with Crippen LogP contribution in [0.2, 0.25) is 0 Å². The van der Waals surface area contributed by atoms with Gasteiger partial charge in [-0.05, 0) is 73.4 Å². The van der Waals surface area contributed by atoms with E-state index in [-0.39, 0.29) is 41.6 Å². The van der Waals surface area contributed by atoms with Crippen molar-refractivity contribution in [2.24, 2.45) is 23.2 Å². The lowest BCUT2D eigenvalue weighted by molar-refractivity contribution is -0.199. The smallest absolute Gasteiger partial charge is 0.327 e. The molecule has 5 aliphatic carbocycles. The Bertz CT molecular complexity index is 1550. The van der Waals surface area contributed by atoms with Gasteiger partial charge in [0, 0.05) is 30.2 Å². The molecule has 9 rings (SSSR count). The summed E-state index contributed by atoms with van der Waals surface area (Å²) in [7, 11) is 0. The number of rotatable bonds is 5. The van der Waals surface area contributed by atoms with E-state index in [1.54, 1.807) is 29.2 Å². The summed E-state index contributed by atoms with van der Waals surface area (Å²) in [5.74, 6) is -1.24. The number of carbonyl (C=O) groups is 3. The fourth-order valence-corrected chi connectivity index (χ4v) is 9.34. The third-order valence-corrected chi connectivity index (χ3v) is 10.6. The molecule has 0 aromatic heterocycles. The van der Waals surface area contributed by atoms with Crippen molar-refractivity contribution in [2.45, 2.75) is 63.1 Å². The van der Waals surface area contributed by atoms with Gasteiger partial charge >= 0.3 is 11.9 Å². The van der Waals surface area contributed by atoms with Gasteiger partial charge in [-0.15, -0.1) is 0 Å². The van der Waals surface area contributed by atoms with Crippen LogP contribution in [0.15, 0.2) is 78.9 Å². The highest BCUT2D eigenvalue weighted by molar-refractivity contribution is 6.07. The van der Waals surface area contributed by atoms with Crippen LogP contribution in [0.4, 0.5) is 0 Å². The molecule has 1 amide bonds. The number of nitrogens with zero attached hydrogens (tertiary/aromatic N) is 1. The van der Waals surface area contributed by atoms with E-state index in [9.17, 15) is 14.4 Å². The molecule has 1 aliphatic heterocycles. The number of carbonyl (C=O) groups excluding carboxylic acids is 3. The highest BCUT2D eigenvalue weighted by Gasteiger charge is 2.80. The fraction of sp³-hybridized carbons (Fsp3) is 0.400. The maximum Gasteiger partial charge on any atom is 0.327 e. The van der Waals surface area contributed by atoms with Gasteiger partial charge in [0.2, 0.25) is 5.91 Å². The Labute approximate surface area is 239 Å². The summed E-state index contributed by atoms with van der Waals surface area (Å²) in [6.07, 6.45) is 2.37. The summed E-state index contributed by atoms with van der Waals surface area (Å²) in [4.78, 5) is 44.2. The molecule has 5 unspecified atom stereocenters. The number of para-hydroxylation sites is 1. The summed E-state index contributed by atoms with van der Waals surface area (Å²) in [6.45, 7) is 3.88. The third kappa shape index (κ3) is 3.16. The van der Waals surface area contributed by atoms with Crippen molar-refractivity contribution in [3.05, 3.63) is 101 Å². The molecule has 6 aliphatic rings. The number of benzene rings is 3. The van der Waals surface area contributed by atoms with Crippen LogP contribution in [-0.4, -0.2) is 34.5 Å². The van der Waals surface area contributed by atoms with Gasteiger partial charge in [-0.3, -0.25) is 14.4 Å². The number of hydrogen-bond donors (Lipinski definition) is 0. The molecule has 5 atom stereocenters. The monoisotopic (exact) mass is 547 g/mol. The average molecular weight is 548 g/mol. The van der Waals surface area contributed by atoms with Gasteiger partial charge in [-0.25, -0.2) is 0 Å². The molecule has 4 bridgehead atoms. The van der Waals surface area contributed by atoms with Gasteiger partial charge in [-0.1, -0.05) is 66.7 Å². The fourth-order valence-electron chi connectivity index (χ4n) is 9.34. The zero-order valence-corrected chi connectivity index (χ0v) is 23.3. The van der Waals surface area contributed by atoms with Crippen LogP contribution in [0.25, 0.3) is 0 Å². The molecular formula is C35H33NO5. The van der Waals surface area contributed by atoms with Gasteiger partial charge in [0.25, 0.3) is 0 Å². The predicted molar refractivity (Wildman–Crippen MR) is 151 cm³/mol. The largest absolute Gasteiger partial charge is 0.438 e. The Kier molecular flexibility index (Phi) is 5.17. The van der Waals surface area contributed by atoms with Crippen molar-refractivity contribution in [1.82, 2.24) is 4.90 Å². The van der Waals surface area contributed by atoms with Crippen molar-refractivity contribution in [3.63, 3.8) is 0 Å². The summed E-state index contributed by atoms with van der Waals surface area (Å²) in [5.41, 5.74) is 2.52. The highest BCUT2D eigenvalue weighted by atomic mass is 16.6. The van der Waals surface area contributed by atoms with E-state index in [1.165, 1.54) is 22.3 Å². The number of ether oxygens (including phenoxy) is 2. The summed E-state index contributed by atoms with van der Waals surface area (Å²) >= 11 is 0. The molecule has 0 radical (unpaired) electrons.